The first-order chi connectivity index (χ1) is 4.33. The Morgan fingerprint density at radius 3 is 1.44 bits per heavy atom. The predicted molar refractivity (Wildman–Crippen MR) is 45.2 cm³/mol. The first-order valence-corrected chi connectivity index (χ1v) is 3.95. The molecule has 0 radical (unpaired) electrons. The molecule has 0 rings (SSSR count). The monoisotopic (exact) mass is 200 g/mol. The number of aliphatic hydroxyl groups excluding tert-OH is 1. The summed E-state index contributed by atoms with van der Waals surface area (Å²) in [5.74, 6) is 0. The molecule has 3 heteroatoms. The van der Waals surface area contributed by atoms with Crippen LogP contribution in [0.3, 0.4) is 0 Å². The zero-order valence-electron chi connectivity index (χ0n) is 6.65. The first-order valence-electron chi connectivity index (χ1n) is 2.83. The minimum Gasteiger partial charge on any atom is -0.400 e. The van der Waals surface area contributed by atoms with Crippen LogP contribution in [0, 0.1) is 0 Å². The van der Waals surface area contributed by atoms with E-state index in [1.165, 1.54) is 0 Å². The average molecular weight is 201 g/mol. The molecule has 0 spiro atoms. The van der Waals surface area contributed by atoms with Gasteiger partial charge in [-0.2, -0.15) is 0 Å². The Kier molecular flexibility index (Phi) is 71.6. The van der Waals surface area contributed by atoms with Crippen molar-refractivity contribution in [3.63, 3.8) is 0 Å². The van der Waals surface area contributed by atoms with E-state index in [2.05, 4.69) is 20.7 Å². The van der Waals surface area contributed by atoms with E-state index >= 15 is 0 Å². The lowest BCUT2D eigenvalue weighted by Crippen LogP contribution is -1.73. The van der Waals surface area contributed by atoms with Crippen LogP contribution in [0.5, 0.6) is 0 Å². The third-order valence-electron chi connectivity index (χ3n) is 0.289. The van der Waals surface area contributed by atoms with Gasteiger partial charge < -0.3 is 9.84 Å². The normalized spacial score (nSPS) is 6.00. The van der Waals surface area contributed by atoms with Gasteiger partial charge in [0, 0.05) is 26.2 Å². The summed E-state index contributed by atoms with van der Waals surface area (Å²) in [5, 5.41) is 8.06. The van der Waals surface area contributed by atoms with Crippen molar-refractivity contribution in [1.82, 2.24) is 0 Å². The summed E-state index contributed by atoms with van der Waals surface area (Å²) in [6.07, 6.45) is 0. The Labute approximate surface area is 66.4 Å². The molecule has 0 bridgehead atoms. The summed E-state index contributed by atoms with van der Waals surface area (Å²) in [6, 6.07) is 0. The van der Waals surface area contributed by atoms with Crippen LogP contribution in [-0.4, -0.2) is 31.3 Å². The van der Waals surface area contributed by atoms with Gasteiger partial charge in [-0.05, 0) is 6.92 Å². The highest BCUT2D eigenvalue weighted by Gasteiger charge is 1.51. The van der Waals surface area contributed by atoms with Gasteiger partial charge in [0.15, 0.2) is 0 Å². The van der Waals surface area contributed by atoms with Gasteiger partial charge in [-0.25, -0.2) is 0 Å². The van der Waals surface area contributed by atoms with Crippen LogP contribution in [0.4, 0.5) is 0 Å². The molecule has 0 aromatic carbocycles. The second-order valence-corrected chi connectivity index (χ2v) is 1.97. The molecular formula is C6H17BrO2. The Morgan fingerprint density at radius 1 is 1.33 bits per heavy atom. The summed E-state index contributed by atoms with van der Waals surface area (Å²) in [6.45, 7) is 4.82. The van der Waals surface area contributed by atoms with Crippen LogP contribution in [-0.2, 0) is 4.74 Å². The summed E-state index contributed by atoms with van der Waals surface area (Å²) in [4.78, 5) is 0. The molecule has 0 aromatic rings. The van der Waals surface area contributed by atoms with E-state index in [-0.39, 0.29) is 0 Å². The number of alkyl halides is 1. The molecule has 1 N–H and O–H groups in total. The molecule has 0 fully saturated rings. The molecule has 0 saturated heterocycles. The maximum atomic E-state index is 7.00. The number of aliphatic hydroxyl groups is 1. The van der Waals surface area contributed by atoms with E-state index in [1.807, 2.05) is 13.8 Å². The van der Waals surface area contributed by atoms with Crippen LogP contribution < -0.4 is 0 Å². The van der Waals surface area contributed by atoms with Crippen molar-refractivity contribution >= 4 is 15.9 Å². The molecule has 9 heavy (non-hydrogen) atoms. The van der Waals surface area contributed by atoms with Gasteiger partial charge in [-0.3, -0.25) is 0 Å². The lowest BCUT2D eigenvalue weighted by atomic mass is 10.9. The Hall–Kier alpha value is 0.400. The number of methoxy groups -OCH3 is 1. The van der Waals surface area contributed by atoms with Crippen molar-refractivity contribution in [3.05, 3.63) is 0 Å². The number of hydrogen-bond donors (Lipinski definition) is 1. The summed E-state index contributed by atoms with van der Waals surface area (Å²) < 4.78 is 4.54. The number of halogens is 1. The van der Waals surface area contributed by atoms with Crippen molar-refractivity contribution in [2.24, 2.45) is 0 Å². The second-order valence-electron chi connectivity index (χ2n) is 0.845. The fourth-order valence-corrected chi connectivity index (χ4v) is 0. The Bertz CT molecular complexity index is 18.5. The van der Waals surface area contributed by atoms with Crippen molar-refractivity contribution in [3.8, 4) is 0 Å². The van der Waals surface area contributed by atoms with Gasteiger partial charge in [-0.1, -0.05) is 22.9 Å². The van der Waals surface area contributed by atoms with Crippen LogP contribution in [0.1, 0.15) is 13.8 Å². The molecule has 60 valence electrons. The largest absolute Gasteiger partial charge is 0.400 e. The van der Waals surface area contributed by atoms with Gasteiger partial charge >= 0.3 is 0 Å². The Morgan fingerprint density at radius 2 is 1.44 bits per heavy atom. The highest BCUT2D eigenvalue weighted by atomic mass is 79.9. The van der Waals surface area contributed by atoms with E-state index in [9.17, 15) is 0 Å². The third kappa shape index (κ3) is 176. The van der Waals surface area contributed by atoms with Gasteiger partial charge in [0.1, 0.15) is 0 Å². The summed E-state index contributed by atoms with van der Waals surface area (Å²) >= 11 is 3.15. The number of ether oxygens (including phenoxy) is 1. The van der Waals surface area contributed by atoms with Crippen molar-refractivity contribution in [1.29, 1.82) is 0 Å². The molecule has 0 aliphatic carbocycles. The molecule has 2 nitrogen and oxygen atoms in total. The quantitative estimate of drug-likeness (QED) is 0.654. The van der Waals surface area contributed by atoms with Gasteiger partial charge in [0.25, 0.3) is 0 Å². The van der Waals surface area contributed by atoms with Gasteiger partial charge in [-0.15, -0.1) is 0 Å². The van der Waals surface area contributed by atoms with Crippen LogP contribution in [0.25, 0.3) is 0 Å². The molecular weight excluding hydrogens is 184 g/mol. The fourth-order valence-electron chi connectivity index (χ4n) is 0. The third-order valence-corrected chi connectivity index (χ3v) is 0.289. The summed E-state index contributed by atoms with van der Waals surface area (Å²) in [7, 11) is 2.68. The van der Waals surface area contributed by atoms with E-state index in [0.29, 0.717) is 0 Å². The summed E-state index contributed by atoms with van der Waals surface area (Å²) in [5.41, 5.74) is 0. The highest BCUT2D eigenvalue weighted by molar-refractivity contribution is 9.09. The molecule has 0 saturated carbocycles. The number of hydrogen-bond acceptors (Lipinski definition) is 2. The highest BCUT2D eigenvalue weighted by Crippen LogP contribution is 1.67. The second kappa shape index (κ2) is 39.8. The topological polar surface area (TPSA) is 29.5 Å². The maximum absolute atomic E-state index is 7.00. The van der Waals surface area contributed by atoms with E-state index in [0.717, 1.165) is 19.0 Å². The van der Waals surface area contributed by atoms with E-state index in [1.54, 1.807) is 7.11 Å². The molecule has 0 amide bonds. The van der Waals surface area contributed by atoms with Crippen molar-refractivity contribution < 1.29 is 9.84 Å². The SMILES string of the molecule is CCBr.CCOC.CO. The molecule has 0 aliphatic rings. The van der Waals surface area contributed by atoms with Gasteiger partial charge in [0.2, 0.25) is 0 Å². The maximum Gasteiger partial charge on any atom is 0.0433 e. The molecule has 0 heterocycles. The lowest BCUT2D eigenvalue weighted by molar-refractivity contribution is 0.215. The Balaban J connectivity index is -0.0000000646. The van der Waals surface area contributed by atoms with Crippen molar-refractivity contribution in [2.45, 2.75) is 13.8 Å². The van der Waals surface area contributed by atoms with Crippen LogP contribution in [0.2, 0.25) is 0 Å². The van der Waals surface area contributed by atoms with Crippen LogP contribution >= 0.6 is 15.9 Å². The van der Waals surface area contributed by atoms with Crippen molar-refractivity contribution in [2.75, 3.05) is 26.2 Å². The van der Waals surface area contributed by atoms with Crippen LogP contribution in [0.15, 0.2) is 0 Å². The first kappa shape index (κ1) is 16.2. The predicted octanol–water partition coefficient (Wildman–Crippen LogP) is 1.66. The standard InChI is InChI=1S/C3H8O.C2H5Br.CH4O/c1-3-4-2;1-2-3;1-2/h3H2,1-2H3;2H2,1H3;2H,1H3. The van der Waals surface area contributed by atoms with Gasteiger partial charge in [0.05, 0.1) is 0 Å². The fraction of sp³-hybridized carbons (Fsp3) is 1.00. The zero-order chi connectivity index (χ0) is 8.12. The smallest absolute Gasteiger partial charge is 0.0433 e. The van der Waals surface area contributed by atoms with E-state index in [4.69, 9.17) is 5.11 Å². The molecule has 0 aromatic heterocycles. The molecule has 0 atom stereocenters. The lowest BCUT2D eigenvalue weighted by Gasteiger charge is -1.76. The average Bonchev–Trinajstić information content (AvgIpc) is 1.94. The number of rotatable bonds is 1. The molecule has 0 unspecified atom stereocenters. The minimum absolute atomic E-state index is 0.819. The van der Waals surface area contributed by atoms with E-state index < -0.39 is 0 Å². The molecule has 0 aliphatic heterocycles. The zero-order valence-corrected chi connectivity index (χ0v) is 8.23. The minimum atomic E-state index is 0.819.